The summed E-state index contributed by atoms with van der Waals surface area (Å²) in [5.41, 5.74) is 7.77. The summed E-state index contributed by atoms with van der Waals surface area (Å²) < 4.78 is 5.14. The van der Waals surface area contributed by atoms with Gasteiger partial charge < -0.3 is 15.6 Å². The van der Waals surface area contributed by atoms with Crippen molar-refractivity contribution < 1.29 is 9.84 Å². The van der Waals surface area contributed by atoms with Crippen LogP contribution in [-0.2, 0) is 0 Å². The Morgan fingerprint density at radius 1 is 1.40 bits per heavy atom. The molecule has 1 aromatic carbocycles. The van der Waals surface area contributed by atoms with Gasteiger partial charge in [-0.25, -0.2) is 0 Å². The molecule has 3 nitrogen and oxygen atoms in total. The van der Waals surface area contributed by atoms with E-state index in [1.54, 1.807) is 14.0 Å². The lowest BCUT2D eigenvalue weighted by atomic mass is 10.0. The molecule has 0 aliphatic carbocycles. The van der Waals surface area contributed by atoms with E-state index in [4.69, 9.17) is 10.5 Å². The van der Waals surface area contributed by atoms with E-state index in [2.05, 4.69) is 0 Å². The molecule has 0 fully saturated rings. The van der Waals surface area contributed by atoms with Gasteiger partial charge in [-0.05, 0) is 31.0 Å². The molecule has 0 saturated carbocycles. The van der Waals surface area contributed by atoms with Crippen LogP contribution in [-0.4, -0.2) is 18.3 Å². The van der Waals surface area contributed by atoms with Crippen molar-refractivity contribution in [3.8, 4) is 5.75 Å². The molecule has 0 unspecified atom stereocenters. The Morgan fingerprint density at radius 2 is 2.00 bits per heavy atom. The lowest BCUT2D eigenvalue weighted by molar-refractivity contribution is 0.164. The minimum atomic E-state index is -0.539. The summed E-state index contributed by atoms with van der Waals surface area (Å²) in [4.78, 5) is 0. The van der Waals surface area contributed by atoms with Crippen molar-refractivity contribution in [1.82, 2.24) is 0 Å². The SMILES string of the molecule is COc1ccc([C@@H](N)[C@H](C)O)cc1C.Cl. The van der Waals surface area contributed by atoms with Crippen molar-refractivity contribution in [2.75, 3.05) is 7.11 Å². The average molecular weight is 232 g/mol. The summed E-state index contributed by atoms with van der Waals surface area (Å²) in [6.07, 6.45) is -0.539. The summed E-state index contributed by atoms with van der Waals surface area (Å²) >= 11 is 0. The molecular weight excluding hydrogens is 214 g/mol. The number of aryl methyl sites for hydroxylation is 1. The molecule has 0 aromatic heterocycles. The average Bonchev–Trinajstić information content (AvgIpc) is 2.16. The number of hydrogen-bond donors (Lipinski definition) is 2. The predicted molar refractivity (Wildman–Crippen MR) is 63.6 cm³/mol. The van der Waals surface area contributed by atoms with Crippen molar-refractivity contribution in [3.05, 3.63) is 29.3 Å². The van der Waals surface area contributed by atoms with Gasteiger partial charge in [0.1, 0.15) is 5.75 Å². The van der Waals surface area contributed by atoms with Gasteiger partial charge in [-0.2, -0.15) is 0 Å². The fraction of sp³-hybridized carbons (Fsp3) is 0.455. The van der Waals surface area contributed by atoms with E-state index in [0.717, 1.165) is 16.9 Å². The van der Waals surface area contributed by atoms with Crippen LogP contribution in [0.25, 0.3) is 0 Å². The Balaban J connectivity index is 0.00000196. The maximum Gasteiger partial charge on any atom is 0.121 e. The number of hydrogen-bond acceptors (Lipinski definition) is 3. The van der Waals surface area contributed by atoms with Crippen LogP contribution in [0.15, 0.2) is 18.2 Å². The number of nitrogens with two attached hydrogens (primary N) is 1. The zero-order chi connectivity index (χ0) is 10.7. The van der Waals surface area contributed by atoms with Gasteiger partial charge in [-0.15, -0.1) is 12.4 Å². The van der Waals surface area contributed by atoms with Gasteiger partial charge in [-0.3, -0.25) is 0 Å². The molecule has 0 aliphatic heterocycles. The molecule has 15 heavy (non-hydrogen) atoms. The summed E-state index contributed by atoms with van der Waals surface area (Å²) in [5, 5.41) is 9.34. The summed E-state index contributed by atoms with van der Waals surface area (Å²) in [5.74, 6) is 0.839. The van der Waals surface area contributed by atoms with Crippen LogP contribution in [0.4, 0.5) is 0 Å². The maximum atomic E-state index is 9.34. The molecule has 4 heteroatoms. The minimum Gasteiger partial charge on any atom is -0.496 e. The largest absolute Gasteiger partial charge is 0.496 e. The summed E-state index contributed by atoms with van der Waals surface area (Å²) in [7, 11) is 1.64. The number of aliphatic hydroxyl groups excluding tert-OH is 1. The van der Waals surface area contributed by atoms with E-state index < -0.39 is 6.10 Å². The number of ether oxygens (including phenoxy) is 1. The highest BCUT2D eigenvalue weighted by molar-refractivity contribution is 5.85. The van der Waals surface area contributed by atoms with Gasteiger partial charge in [0.25, 0.3) is 0 Å². The van der Waals surface area contributed by atoms with Crippen molar-refractivity contribution >= 4 is 12.4 Å². The zero-order valence-corrected chi connectivity index (χ0v) is 10.0. The van der Waals surface area contributed by atoms with E-state index in [1.807, 2.05) is 25.1 Å². The van der Waals surface area contributed by atoms with Gasteiger partial charge in [0, 0.05) is 0 Å². The third-order valence-electron chi connectivity index (χ3n) is 2.32. The molecule has 0 amide bonds. The number of rotatable bonds is 3. The smallest absolute Gasteiger partial charge is 0.121 e. The van der Waals surface area contributed by atoms with Crippen LogP contribution in [0.1, 0.15) is 24.1 Å². The minimum absolute atomic E-state index is 0. The normalized spacial score (nSPS) is 13.9. The maximum absolute atomic E-state index is 9.34. The second-order valence-electron chi connectivity index (χ2n) is 3.50. The van der Waals surface area contributed by atoms with Crippen LogP contribution >= 0.6 is 12.4 Å². The Hall–Kier alpha value is -0.770. The molecule has 1 rings (SSSR count). The van der Waals surface area contributed by atoms with Crippen LogP contribution < -0.4 is 10.5 Å². The van der Waals surface area contributed by atoms with E-state index >= 15 is 0 Å². The molecule has 0 heterocycles. The van der Waals surface area contributed by atoms with Crippen molar-refractivity contribution in [3.63, 3.8) is 0 Å². The van der Waals surface area contributed by atoms with Crippen LogP contribution in [0.2, 0.25) is 0 Å². The van der Waals surface area contributed by atoms with Gasteiger partial charge in [0.2, 0.25) is 0 Å². The third kappa shape index (κ3) is 3.38. The van der Waals surface area contributed by atoms with Gasteiger partial charge >= 0.3 is 0 Å². The van der Waals surface area contributed by atoms with Crippen molar-refractivity contribution in [2.24, 2.45) is 5.73 Å². The molecular formula is C11H18ClNO2. The number of aliphatic hydroxyl groups is 1. The molecule has 0 saturated heterocycles. The highest BCUT2D eigenvalue weighted by Gasteiger charge is 2.12. The third-order valence-corrected chi connectivity index (χ3v) is 2.32. The summed E-state index contributed by atoms with van der Waals surface area (Å²) in [6, 6.07) is 5.35. The first-order chi connectivity index (χ1) is 6.56. The lowest BCUT2D eigenvalue weighted by Gasteiger charge is -2.16. The van der Waals surface area contributed by atoms with Gasteiger partial charge in [-0.1, -0.05) is 12.1 Å². The highest BCUT2D eigenvalue weighted by atomic mass is 35.5. The van der Waals surface area contributed by atoms with Crippen LogP contribution in [0.5, 0.6) is 5.75 Å². The van der Waals surface area contributed by atoms with Crippen LogP contribution in [0.3, 0.4) is 0 Å². The zero-order valence-electron chi connectivity index (χ0n) is 9.23. The number of methoxy groups -OCH3 is 1. The standard InChI is InChI=1S/C11H17NO2.ClH/c1-7-6-9(11(12)8(2)13)4-5-10(7)14-3;/h4-6,8,11,13H,12H2,1-3H3;1H/t8-,11-;/m0./s1. The predicted octanol–water partition coefficient (Wildman–Crippen LogP) is 1.81. The Bertz CT molecular complexity index is 315. The van der Waals surface area contributed by atoms with Crippen molar-refractivity contribution in [2.45, 2.75) is 26.0 Å². The fourth-order valence-corrected chi connectivity index (χ4v) is 1.39. The lowest BCUT2D eigenvalue weighted by Crippen LogP contribution is -2.23. The second-order valence-corrected chi connectivity index (χ2v) is 3.50. The molecule has 0 aliphatic rings. The molecule has 2 atom stereocenters. The number of halogens is 1. The van der Waals surface area contributed by atoms with Crippen LogP contribution in [0, 0.1) is 6.92 Å². The molecule has 1 aromatic rings. The van der Waals surface area contributed by atoms with E-state index in [0.29, 0.717) is 0 Å². The molecule has 3 N–H and O–H groups in total. The van der Waals surface area contributed by atoms with E-state index in [1.165, 1.54) is 0 Å². The first-order valence-electron chi connectivity index (χ1n) is 4.64. The second kappa shape index (κ2) is 5.95. The fourth-order valence-electron chi connectivity index (χ4n) is 1.39. The first kappa shape index (κ1) is 14.2. The van der Waals surface area contributed by atoms with Crippen molar-refractivity contribution in [1.29, 1.82) is 0 Å². The van der Waals surface area contributed by atoms with E-state index in [-0.39, 0.29) is 18.4 Å². The highest BCUT2D eigenvalue weighted by Crippen LogP contribution is 2.22. The molecule has 0 radical (unpaired) electrons. The van der Waals surface area contributed by atoms with Gasteiger partial charge in [0.15, 0.2) is 0 Å². The quantitative estimate of drug-likeness (QED) is 0.834. The van der Waals surface area contributed by atoms with Gasteiger partial charge in [0.05, 0.1) is 19.3 Å². The molecule has 0 bridgehead atoms. The molecule has 0 spiro atoms. The number of benzene rings is 1. The first-order valence-corrected chi connectivity index (χ1v) is 4.64. The topological polar surface area (TPSA) is 55.5 Å². The summed E-state index contributed by atoms with van der Waals surface area (Å²) in [6.45, 7) is 3.64. The molecule has 86 valence electrons. The monoisotopic (exact) mass is 231 g/mol. The Labute approximate surface area is 96.7 Å². The Kier molecular flexibility index (Phi) is 5.65. The Morgan fingerprint density at radius 3 is 2.40 bits per heavy atom. The van der Waals surface area contributed by atoms with E-state index in [9.17, 15) is 5.11 Å².